The van der Waals surface area contributed by atoms with Gasteiger partial charge in [-0.3, -0.25) is 9.69 Å². The van der Waals surface area contributed by atoms with E-state index in [1.165, 1.54) is 71.0 Å². The summed E-state index contributed by atoms with van der Waals surface area (Å²) in [6, 6.07) is 2.49. The van der Waals surface area contributed by atoms with Crippen LogP contribution in [0.3, 0.4) is 0 Å². The van der Waals surface area contributed by atoms with Crippen molar-refractivity contribution in [2.24, 2.45) is 11.8 Å². The van der Waals surface area contributed by atoms with E-state index in [1.54, 1.807) is 0 Å². The predicted molar refractivity (Wildman–Crippen MR) is 101 cm³/mol. The molecular formula is C21H37N3O. The number of hydrogen-bond donors (Lipinski definition) is 1. The zero-order valence-electron chi connectivity index (χ0n) is 16.3. The summed E-state index contributed by atoms with van der Waals surface area (Å²) >= 11 is 0. The monoisotopic (exact) mass is 347 g/mol. The summed E-state index contributed by atoms with van der Waals surface area (Å²) in [5.41, 5.74) is 0. The number of carbonyl (C=O) groups is 1. The Morgan fingerprint density at radius 2 is 1.76 bits per heavy atom. The fraction of sp³-hybridized carbons (Fsp3) is 0.952. The van der Waals surface area contributed by atoms with Crippen LogP contribution in [0.4, 0.5) is 0 Å². The Balaban J connectivity index is 1.46. The quantitative estimate of drug-likeness (QED) is 0.852. The van der Waals surface area contributed by atoms with Crippen LogP contribution < -0.4 is 5.32 Å². The molecule has 4 atom stereocenters. The van der Waals surface area contributed by atoms with Crippen LogP contribution >= 0.6 is 0 Å². The molecule has 0 radical (unpaired) electrons. The fourth-order valence-electron chi connectivity index (χ4n) is 6.28. The van der Waals surface area contributed by atoms with Crippen molar-refractivity contribution in [3.05, 3.63) is 0 Å². The second-order valence-electron chi connectivity index (χ2n) is 9.33. The lowest BCUT2D eigenvalue weighted by Crippen LogP contribution is -2.58. The summed E-state index contributed by atoms with van der Waals surface area (Å²) in [7, 11) is 0. The molecule has 4 rings (SSSR count). The molecule has 142 valence electrons. The van der Waals surface area contributed by atoms with E-state index >= 15 is 0 Å². The molecule has 1 N–H and O–H groups in total. The molecule has 3 aliphatic heterocycles. The number of piperidine rings is 2. The standard InChI is InChI=1S/C21H37N3O/c1-15(2)20-14-18(9-12-23(20)17-7-10-22-11-8-17)24-19-6-4-3-5-16(19)13-21(24)25/h15-20,22H,3-14H2,1-2H3/t16-,18?,19+,20?/m1/s1. The number of likely N-dealkylation sites (tertiary alicyclic amines) is 2. The number of nitrogens with zero attached hydrogens (tertiary/aromatic N) is 2. The van der Waals surface area contributed by atoms with Crippen molar-refractivity contribution >= 4 is 5.91 Å². The fourth-order valence-corrected chi connectivity index (χ4v) is 6.28. The molecule has 0 spiro atoms. The van der Waals surface area contributed by atoms with E-state index in [0.717, 1.165) is 12.5 Å². The van der Waals surface area contributed by atoms with E-state index in [0.29, 0.717) is 35.9 Å². The lowest BCUT2D eigenvalue weighted by Gasteiger charge is -2.50. The minimum Gasteiger partial charge on any atom is -0.336 e. The van der Waals surface area contributed by atoms with Crippen molar-refractivity contribution in [3.8, 4) is 0 Å². The molecule has 0 aromatic carbocycles. The van der Waals surface area contributed by atoms with Gasteiger partial charge in [0.25, 0.3) is 0 Å². The maximum atomic E-state index is 12.8. The molecule has 3 heterocycles. The Labute approximate surface area is 153 Å². The third-order valence-corrected chi connectivity index (χ3v) is 7.55. The first-order valence-corrected chi connectivity index (χ1v) is 10.9. The summed E-state index contributed by atoms with van der Waals surface area (Å²) in [6.07, 6.45) is 11.0. The molecule has 0 aromatic heterocycles. The lowest BCUT2D eigenvalue weighted by atomic mass is 9.83. The van der Waals surface area contributed by atoms with Gasteiger partial charge >= 0.3 is 0 Å². The van der Waals surface area contributed by atoms with Gasteiger partial charge in [0, 0.05) is 37.1 Å². The molecule has 25 heavy (non-hydrogen) atoms. The normalized spacial score (nSPS) is 38.4. The number of fused-ring (bicyclic) bond motifs is 1. The highest BCUT2D eigenvalue weighted by Crippen LogP contribution is 2.41. The number of amides is 1. The third kappa shape index (κ3) is 3.49. The molecule has 4 fully saturated rings. The van der Waals surface area contributed by atoms with Gasteiger partial charge in [0.05, 0.1) is 0 Å². The van der Waals surface area contributed by atoms with Crippen molar-refractivity contribution in [1.82, 2.24) is 15.1 Å². The summed E-state index contributed by atoms with van der Waals surface area (Å²) in [6.45, 7) is 8.31. The van der Waals surface area contributed by atoms with Gasteiger partial charge in [-0.1, -0.05) is 26.7 Å². The van der Waals surface area contributed by atoms with Crippen LogP contribution in [-0.4, -0.2) is 59.5 Å². The maximum absolute atomic E-state index is 12.8. The summed E-state index contributed by atoms with van der Waals surface area (Å²) in [5, 5.41) is 3.51. The summed E-state index contributed by atoms with van der Waals surface area (Å²) in [5.74, 6) is 1.82. The number of carbonyl (C=O) groups excluding carboxylic acids is 1. The van der Waals surface area contributed by atoms with E-state index < -0.39 is 0 Å². The van der Waals surface area contributed by atoms with Gasteiger partial charge in [-0.05, 0) is 63.5 Å². The van der Waals surface area contributed by atoms with Crippen LogP contribution in [0.15, 0.2) is 0 Å². The second-order valence-corrected chi connectivity index (χ2v) is 9.33. The highest BCUT2D eigenvalue weighted by Gasteiger charge is 2.46. The third-order valence-electron chi connectivity index (χ3n) is 7.55. The Kier molecular flexibility index (Phi) is 5.38. The zero-order valence-corrected chi connectivity index (χ0v) is 16.3. The first-order chi connectivity index (χ1) is 12.1. The van der Waals surface area contributed by atoms with Gasteiger partial charge in [-0.15, -0.1) is 0 Å². The average molecular weight is 348 g/mol. The topological polar surface area (TPSA) is 35.6 Å². The molecule has 4 nitrogen and oxygen atoms in total. The zero-order chi connectivity index (χ0) is 17.4. The molecule has 4 heteroatoms. The van der Waals surface area contributed by atoms with Gasteiger partial charge in [-0.25, -0.2) is 0 Å². The van der Waals surface area contributed by atoms with Gasteiger partial charge in [0.15, 0.2) is 0 Å². The lowest BCUT2D eigenvalue weighted by molar-refractivity contribution is -0.133. The maximum Gasteiger partial charge on any atom is 0.223 e. The molecule has 2 unspecified atom stereocenters. The van der Waals surface area contributed by atoms with Crippen LogP contribution in [0.5, 0.6) is 0 Å². The smallest absolute Gasteiger partial charge is 0.223 e. The van der Waals surface area contributed by atoms with Crippen LogP contribution in [0, 0.1) is 11.8 Å². The Morgan fingerprint density at radius 3 is 2.52 bits per heavy atom. The van der Waals surface area contributed by atoms with E-state index in [9.17, 15) is 4.79 Å². The summed E-state index contributed by atoms with van der Waals surface area (Å²) in [4.78, 5) is 18.0. The van der Waals surface area contributed by atoms with Crippen molar-refractivity contribution in [3.63, 3.8) is 0 Å². The molecule has 1 saturated carbocycles. The molecule has 1 aliphatic carbocycles. The number of rotatable bonds is 3. The van der Waals surface area contributed by atoms with Crippen molar-refractivity contribution in [2.45, 2.75) is 95.8 Å². The van der Waals surface area contributed by atoms with Crippen molar-refractivity contribution < 1.29 is 4.79 Å². The van der Waals surface area contributed by atoms with E-state index in [1.807, 2.05) is 0 Å². The predicted octanol–water partition coefficient (Wildman–Crippen LogP) is 3.02. The van der Waals surface area contributed by atoms with E-state index in [2.05, 4.69) is 29.0 Å². The molecule has 1 amide bonds. The molecule has 0 aromatic rings. The SMILES string of the molecule is CC(C)C1CC(N2C(=O)C[C@H]3CCCC[C@@H]32)CCN1C1CCNCC1. The van der Waals surface area contributed by atoms with Gasteiger partial charge in [-0.2, -0.15) is 0 Å². The van der Waals surface area contributed by atoms with Gasteiger partial charge in [0.1, 0.15) is 0 Å². The number of hydrogen-bond acceptors (Lipinski definition) is 3. The summed E-state index contributed by atoms with van der Waals surface area (Å²) < 4.78 is 0. The Morgan fingerprint density at radius 1 is 1.00 bits per heavy atom. The van der Waals surface area contributed by atoms with E-state index in [-0.39, 0.29) is 0 Å². The highest BCUT2D eigenvalue weighted by atomic mass is 16.2. The van der Waals surface area contributed by atoms with Gasteiger partial charge in [0.2, 0.25) is 5.91 Å². The van der Waals surface area contributed by atoms with Crippen LogP contribution in [0.2, 0.25) is 0 Å². The van der Waals surface area contributed by atoms with E-state index in [4.69, 9.17) is 0 Å². The van der Waals surface area contributed by atoms with Gasteiger partial charge < -0.3 is 10.2 Å². The Hall–Kier alpha value is -0.610. The molecule has 0 bridgehead atoms. The highest BCUT2D eigenvalue weighted by molar-refractivity contribution is 5.79. The van der Waals surface area contributed by atoms with Crippen LogP contribution in [-0.2, 0) is 4.79 Å². The largest absolute Gasteiger partial charge is 0.336 e. The Bertz CT molecular complexity index is 474. The van der Waals surface area contributed by atoms with Crippen LogP contribution in [0.1, 0.15) is 71.6 Å². The molecule has 4 aliphatic rings. The minimum atomic E-state index is 0.472. The van der Waals surface area contributed by atoms with Crippen LogP contribution in [0.25, 0.3) is 0 Å². The first kappa shape index (κ1) is 17.8. The average Bonchev–Trinajstić information content (AvgIpc) is 2.97. The number of nitrogens with one attached hydrogen (secondary N) is 1. The first-order valence-electron chi connectivity index (χ1n) is 10.9. The molecule has 3 saturated heterocycles. The van der Waals surface area contributed by atoms with Crippen molar-refractivity contribution in [1.29, 1.82) is 0 Å². The molecular weight excluding hydrogens is 310 g/mol. The second kappa shape index (κ2) is 7.56. The van der Waals surface area contributed by atoms with Crippen molar-refractivity contribution in [2.75, 3.05) is 19.6 Å². The minimum absolute atomic E-state index is 0.472.